The van der Waals surface area contributed by atoms with E-state index < -0.39 is 12.2 Å². The molecule has 1 aromatic rings. The normalized spacial score (nSPS) is 11.9. The van der Waals surface area contributed by atoms with Crippen LogP contribution in [0.2, 0.25) is 0 Å². The zero-order valence-corrected chi connectivity index (χ0v) is 13.5. The van der Waals surface area contributed by atoms with Crippen molar-refractivity contribution in [3.63, 3.8) is 0 Å². The summed E-state index contributed by atoms with van der Waals surface area (Å²) in [5.74, 6) is 0.311. The summed E-state index contributed by atoms with van der Waals surface area (Å²) in [6.45, 7) is 7.51. The van der Waals surface area contributed by atoms with E-state index in [4.69, 9.17) is 4.74 Å². The maximum atomic E-state index is 11.8. The number of amides is 2. The molecule has 2 N–H and O–H groups in total. The van der Waals surface area contributed by atoms with Crippen molar-refractivity contribution >= 4 is 17.9 Å². The molecule has 1 atom stereocenters. The first kappa shape index (κ1) is 17.8. The third-order valence-corrected chi connectivity index (χ3v) is 3.11. The highest BCUT2D eigenvalue weighted by Crippen LogP contribution is 2.23. The fraction of sp³-hybridized carbons (Fsp3) is 0.500. The lowest BCUT2D eigenvalue weighted by Crippen LogP contribution is -2.36. The molecule has 0 aliphatic rings. The van der Waals surface area contributed by atoms with E-state index in [1.54, 1.807) is 32.0 Å². The van der Waals surface area contributed by atoms with Gasteiger partial charge in [0.25, 0.3) is 0 Å². The van der Waals surface area contributed by atoms with Gasteiger partial charge in [0.05, 0.1) is 5.69 Å². The Morgan fingerprint density at radius 2 is 2.00 bits per heavy atom. The lowest BCUT2D eigenvalue weighted by atomic mass is 10.2. The monoisotopic (exact) mass is 308 g/mol. The second-order valence-electron chi connectivity index (χ2n) is 5.47. The zero-order chi connectivity index (χ0) is 16.7. The number of hydrogen-bond donors (Lipinski definition) is 2. The summed E-state index contributed by atoms with van der Waals surface area (Å²) in [7, 11) is 0. The average molecular weight is 308 g/mol. The molecule has 6 nitrogen and oxygen atoms in total. The van der Waals surface area contributed by atoms with Crippen LogP contribution in [0.1, 0.15) is 40.5 Å². The first-order chi connectivity index (χ1) is 10.3. The van der Waals surface area contributed by atoms with Gasteiger partial charge in [-0.15, -0.1) is 0 Å². The van der Waals surface area contributed by atoms with Gasteiger partial charge in [0.15, 0.2) is 0 Å². The third kappa shape index (κ3) is 5.27. The Kier molecular flexibility index (Phi) is 6.69. The Morgan fingerprint density at radius 3 is 2.55 bits per heavy atom. The first-order valence-electron chi connectivity index (χ1n) is 7.45. The minimum absolute atomic E-state index is 0.0341. The van der Waals surface area contributed by atoms with Crippen LogP contribution in [0, 0.1) is 0 Å². The second-order valence-corrected chi connectivity index (χ2v) is 5.47. The standard InChI is InChI=1S/C16H24N2O4/c1-5-7-12(4)17-15(19)22-14-9-6-8-13(10-14)18(11(2)3)16(20)21/h6,8-12H,5,7H2,1-4H3,(H,17,19)(H,20,21). The van der Waals surface area contributed by atoms with E-state index >= 15 is 0 Å². The molecule has 0 radical (unpaired) electrons. The topological polar surface area (TPSA) is 78.9 Å². The molecule has 0 heterocycles. The van der Waals surface area contributed by atoms with E-state index in [1.165, 1.54) is 11.0 Å². The average Bonchev–Trinajstić information content (AvgIpc) is 2.37. The molecular weight excluding hydrogens is 284 g/mol. The van der Waals surface area contributed by atoms with Crippen LogP contribution >= 0.6 is 0 Å². The molecular formula is C16H24N2O4. The van der Waals surface area contributed by atoms with E-state index in [0.29, 0.717) is 11.4 Å². The van der Waals surface area contributed by atoms with Crippen molar-refractivity contribution in [3.05, 3.63) is 24.3 Å². The molecule has 122 valence electrons. The maximum absolute atomic E-state index is 11.8. The lowest BCUT2D eigenvalue weighted by Gasteiger charge is -2.23. The lowest BCUT2D eigenvalue weighted by molar-refractivity contribution is 0.196. The van der Waals surface area contributed by atoms with Crippen LogP contribution in [0.5, 0.6) is 5.75 Å². The van der Waals surface area contributed by atoms with E-state index in [0.717, 1.165) is 12.8 Å². The second kappa shape index (κ2) is 8.26. The number of benzene rings is 1. The van der Waals surface area contributed by atoms with E-state index in [9.17, 15) is 14.7 Å². The van der Waals surface area contributed by atoms with Crippen molar-refractivity contribution < 1.29 is 19.4 Å². The fourth-order valence-electron chi connectivity index (χ4n) is 2.17. The highest BCUT2D eigenvalue weighted by Gasteiger charge is 2.18. The summed E-state index contributed by atoms with van der Waals surface area (Å²) < 4.78 is 5.21. The van der Waals surface area contributed by atoms with Gasteiger partial charge in [0, 0.05) is 18.2 Å². The molecule has 0 aliphatic carbocycles. The van der Waals surface area contributed by atoms with Crippen molar-refractivity contribution in [2.45, 2.75) is 52.6 Å². The van der Waals surface area contributed by atoms with Gasteiger partial charge in [0.2, 0.25) is 0 Å². The number of carbonyl (C=O) groups excluding carboxylic acids is 1. The van der Waals surface area contributed by atoms with Gasteiger partial charge in [-0.1, -0.05) is 19.4 Å². The zero-order valence-electron chi connectivity index (χ0n) is 13.5. The number of hydrogen-bond acceptors (Lipinski definition) is 3. The molecule has 6 heteroatoms. The SMILES string of the molecule is CCCC(C)NC(=O)Oc1cccc(N(C(=O)O)C(C)C)c1. The van der Waals surface area contributed by atoms with Crippen LogP contribution in [-0.2, 0) is 0 Å². The minimum Gasteiger partial charge on any atom is -0.465 e. The molecule has 22 heavy (non-hydrogen) atoms. The molecule has 0 spiro atoms. The fourth-order valence-corrected chi connectivity index (χ4v) is 2.17. The van der Waals surface area contributed by atoms with Crippen LogP contribution in [0.25, 0.3) is 0 Å². The maximum Gasteiger partial charge on any atom is 0.412 e. The van der Waals surface area contributed by atoms with Crippen molar-refractivity contribution in [2.24, 2.45) is 0 Å². The van der Waals surface area contributed by atoms with Crippen LogP contribution in [0.4, 0.5) is 15.3 Å². The van der Waals surface area contributed by atoms with Crippen LogP contribution in [-0.4, -0.2) is 29.4 Å². The summed E-state index contributed by atoms with van der Waals surface area (Å²) in [6.07, 6.45) is 0.256. The van der Waals surface area contributed by atoms with Crippen LogP contribution < -0.4 is 15.0 Å². The Balaban J connectivity index is 2.79. The summed E-state index contributed by atoms with van der Waals surface area (Å²) in [4.78, 5) is 24.3. The van der Waals surface area contributed by atoms with Crippen LogP contribution in [0.15, 0.2) is 24.3 Å². The third-order valence-electron chi connectivity index (χ3n) is 3.11. The molecule has 1 unspecified atom stereocenters. The van der Waals surface area contributed by atoms with Crippen LogP contribution in [0.3, 0.4) is 0 Å². The first-order valence-corrected chi connectivity index (χ1v) is 7.45. The summed E-state index contributed by atoms with van der Waals surface area (Å²) >= 11 is 0. The molecule has 1 rings (SSSR count). The number of carboxylic acid groups (broad SMARTS) is 1. The molecule has 0 saturated heterocycles. The van der Waals surface area contributed by atoms with Crippen molar-refractivity contribution in [1.29, 1.82) is 0 Å². The van der Waals surface area contributed by atoms with E-state index in [-0.39, 0.29) is 12.1 Å². The van der Waals surface area contributed by atoms with Gasteiger partial charge in [-0.3, -0.25) is 4.90 Å². The number of nitrogens with zero attached hydrogens (tertiary/aromatic N) is 1. The van der Waals surface area contributed by atoms with Gasteiger partial charge in [-0.25, -0.2) is 9.59 Å². The van der Waals surface area contributed by atoms with Gasteiger partial charge in [0.1, 0.15) is 5.75 Å². The molecule has 1 aromatic carbocycles. The molecule has 0 aliphatic heterocycles. The van der Waals surface area contributed by atoms with Crippen molar-refractivity contribution in [2.75, 3.05) is 4.90 Å². The Labute approximate surface area is 131 Å². The highest BCUT2D eigenvalue weighted by molar-refractivity contribution is 5.87. The number of carbonyl (C=O) groups is 2. The van der Waals surface area contributed by atoms with Gasteiger partial charge >= 0.3 is 12.2 Å². The molecule has 0 saturated carbocycles. The van der Waals surface area contributed by atoms with E-state index in [2.05, 4.69) is 5.32 Å². The van der Waals surface area contributed by atoms with Gasteiger partial charge in [-0.05, 0) is 39.3 Å². The van der Waals surface area contributed by atoms with Gasteiger partial charge < -0.3 is 15.2 Å². The smallest absolute Gasteiger partial charge is 0.412 e. The highest BCUT2D eigenvalue weighted by atomic mass is 16.6. The largest absolute Gasteiger partial charge is 0.465 e. The van der Waals surface area contributed by atoms with E-state index in [1.807, 2.05) is 13.8 Å². The Morgan fingerprint density at radius 1 is 1.32 bits per heavy atom. The summed E-state index contributed by atoms with van der Waals surface area (Å²) in [6, 6.07) is 6.30. The quantitative estimate of drug-likeness (QED) is 0.836. The number of rotatable bonds is 6. The minimum atomic E-state index is -1.05. The molecule has 0 aromatic heterocycles. The number of nitrogens with one attached hydrogen (secondary N) is 1. The molecule has 0 fully saturated rings. The van der Waals surface area contributed by atoms with Gasteiger partial charge in [-0.2, -0.15) is 0 Å². The molecule has 2 amide bonds. The number of anilines is 1. The summed E-state index contributed by atoms with van der Waals surface area (Å²) in [5, 5.41) is 12.0. The van der Waals surface area contributed by atoms with Crippen molar-refractivity contribution in [1.82, 2.24) is 5.32 Å². The predicted octanol–water partition coefficient (Wildman–Crippen LogP) is 3.86. The summed E-state index contributed by atoms with van der Waals surface area (Å²) in [5.41, 5.74) is 0.467. The Hall–Kier alpha value is -2.24. The number of ether oxygens (including phenoxy) is 1. The van der Waals surface area contributed by atoms with Crippen molar-refractivity contribution in [3.8, 4) is 5.75 Å². The Bertz CT molecular complexity index is 517. The predicted molar refractivity (Wildman–Crippen MR) is 85.6 cm³/mol. The molecule has 0 bridgehead atoms.